The molecular formula is C7H4N6S. The van der Waals surface area contributed by atoms with E-state index in [1.807, 2.05) is 16.8 Å². The van der Waals surface area contributed by atoms with Crippen LogP contribution in [0.5, 0.6) is 0 Å². The van der Waals surface area contributed by atoms with Crippen molar-refractivity contribution in [3.8, 4) is 11.3 Å². The lowest BCUT2D eigenvalue weighted by Crippen LogP contribution is -1.97. The van der Waals surface area contributed by atoms with E-state index in [9.17, 15) is 0 Å². The quantitative estimate of drug-likeness (QED) is 0.582. The second-order valence-electron chi connectivity index (χ2n) is 2.62. The van der Waals surface area contributed by atoms with Crippen molar-refractivity contribution < 1.29 is 0 Å². The summed E-state index contributed by atoms with van der Waals surface area (Å²) in [5.74, 6) is 0.411. The van der Waals surface area contributed by atoms with Crippen LogP contribution >= 0.6 is 11.3 Å². The molecule has 0 fully saturated rings. The minimum absolute atomic E-state index is 0.411. The lowest BCUT2D eigenvalue weighted by atomic mass is 10.3. The second-order valence-corrected chi connectivity index (χ2v) is 3.40. The van der Waals surface area contributed by atoms with Crippen molar-refractivity contribution in [3.05, 3.63) is 23.0 Å². The van der Waals surface area contributed by atoms with Crippen LogP contribution in [0.2, 0.25) is 0 Å². The first-order valence-corrected chi connectivity index (χ1v) is 4.82. The van der Waals surface area contributed by atoms with Crippen molar-refractivity contribution in [1.82, 2.24) is 30.2 Å². The standard InChI is InChI=1S/C7H4N6S/c1-2-14-4-5(1)6-3-8-13-7(9-6)10-11-12-13/h1-4H. The number of hydrogen-bond acceptors (Lipinski definition) is 6. The summed E-state index contributed by atoms with van der Waals surface area (Å²) in [5, 5.41) is 18.8. The van der Waals surface area contributed by atoms with Crippen LogP contribution in [0.15, 0.2) is 23.0 Å². The molecular weight excluding hydrogens is 200 g/mol. The summed E-state index contributed by atoms with van der Waals surface area (Å²) in [7, 11) is 0. The number of fused-ring (bicyclic) bond motifs is 1. The van der Waals surface area contributed by atoms with Gasteiger partial charge < -0.3 is 0 Å². The fourth-order valence-electron chi connectivity index (χ4n) is 1.11. The molecule has 7 heteroatoms. The molecule has 0 atom stereocenters. The lowest BCUT2D eigenvalue weighted by molar-refractivity contribution is 0.726. The maximum atomic E-state index is 4.25. The molecule has 6 nitrogen and oxygen atoms in total. The molecule has 0 saturated carbocycles. The SMILES string of the molecule is c1cc(-c2cnn3nnnc3n2)cs1. The predicted octanol–water partition coefficient (Wildman–Crippen LogP) is 0.643. The molecule has 14 heavy (non-hydrogen) atoms. The Morgan fingerprint density at radius 2 is 2.36 bits per heavy atom. The molecule has 0 aliphatic heterocycles. The van der Waals surface area contributed by atoms with Gasteiger partial charge in [0.1, 0.15) is 0 Å². The summed E-state index contributed by atoms with van der Waals surface area (Å²) < 4.78 is 1.29. The number of aromatic nitrogens is 6. The van der Waals surface area contributed by atoms with Crippen molar-refractivity contribution in [1.29, 1.82) is 0 Å². The van der Waals surface area contributed by atoms with E-state index in [-0.39, 0.29) is 0 Å². The Bertz CT molecular complexity index is 556. The topological polar surface area (TPSA) is 68.9 Å². The van der Waals surface area contributed by atoms with Gasteiger partial charge in [0.15, 0.2) is 0 Å². The Balaban J connectivity index is 2.23. The van der Waals surface area contributed by atoms with Crippen molar-refractivity contribution in [2.24, 2.45) is 0 Å². The van der Waals surface area contributed by atoms with Gasteiger partial charge in [0.2, 0.25) is 0 Å². The van der Waals surface area contributed by atoms with Crippen LogP contribution in [0.4, 0.5) is 0 Å². The molecule has 0 spiro atoms. The summed E-state index contributed by atoms with van der Waals surface area (Å²) in [6.07, 6.45) is 1.64. The van der Waals surface area contributed by atoms with Crippen LogP contribution in [-0.4, -0.2) is 30.2 Å². The molecule has 0 unspecified atom stereocenters. The molecule has 0 saturated heterocycles. The van der Waals surface area contributed by atoms with Gasteiger partial charge in [-0.05, 0) is 21.9 Å². The zero-order valence-corrected chi connectivity index (χ0v) is 7.72. The maximum Gasteiger partial charge on any atom is 0.291 e. The molecule has 68 valence electrons. The minimum atomic E-state index is 0.411. The third-order valence-corrected chi connectivity index (χ3v) is 2.45. The van der Waals surface area contributed by atoms with E-state index in [0.717, 1.165) is 11.3 Å². The molecule has 0 bridgehead atoms. The van der Waals surface area contributed by atoms with Gasteiger partial charge in [-0.15, -0.1) is 0 Å². The van der Waals surface area contributed by atoms with E-state index in [0.29, 0.717) is 5.78 Å². The molecule has 3 heterocycles. The van der Waals surface area contributed by atoms with Crippen LogP contribution in [0.25, 0.3) is 17.0 Å². The highest BCUT2D eigenvalue weighted by molar-refractivity contribution is 7.08. The Hall–Kier alpha value is -1.89. The summed E-state index contributed by atoms with van der Waals surface area (Å²) in [4.78, 5) is 4.25. The zero-order chi connectivity index (χ0) is 9.38. The largest absolute Gasteiger partial charge is 0.291 e. The van der Waals surface area contributed by atoms with Gasteiger partial charge in [0.05, 0.1) is 11.9 Å². The van der Waals surface area contributed by atoms with Crippen LogP contribution in [0, 0.1) is 0 Å². The fourth-order valence-corrected chi connectivity index (χ4v) is 1.76. The Labute approximate surface area is 82.2 Å². The number of tetrazole rings is 1. The van der Waals surface area contributed by atoms with Gasteiger partial charge in [0, 0.05) is 10.9 Å². The summed E-state index contributed by atoms with van der Waals surface area (Å²) >= 11 is 1.62. The third-order valence-electron chi connectivity index (χ3n) is 1.76. The predicted molar refractivity (Wildman–Crippen MR) is 49.7 cm³/mol. The van der Waals surface area contributed by atoms with Crippen molar-refractivity contribution in [2.45, 2.75) is 0 Å². The highest BCUT2D eigenvalue weighted by atomic mass is 32.1. The molecule has 3 aromatic rings. The lowest BCUT2D eigenvalue weighted by Gasteiger charge is -1.94. The molecule has 0 radical (unpaired) electrons. The van der Waals surface area contributed by atoms with Gasteiger partial charge in [-0.3, -0.25) is 0 Å². The minimum Gasteiger partial charge on any atom is -0.207 e. The van der Waals surface area contributed by atoms with Crippen LogP contribution < -0.4 is 0 Å². The number of thiophene rings is 1. The van der Waals surface area contributed by atoms with Crippen molar-refractivity contribution >= 4 is 17.1 Å². The molecule has 0 amide bonds. The van der Waals surface area contributed by atoms with Crippen molar-refractivity contribution in [3.63, 3.8) is 0 Å². The van der Waals surface area contributed by atoms with Crippen molar-refractivity contribution in [2.75, 3.05) is 0 Å². The smallest absolute Gasteiger partial charge is 0.207 e. The van der Waals surface area contributed by atoms with Gasteiger partial charge in [-0.25, -0.2) is 4.98 Å². The third kappa shape index (κ3) is 1.06. The molecule has 3 rings (SSSR count). The van der Waals surface area contributed by atoms with E-state index in [2.05, 4.69) is 25.6 Å². The first-order valence-electron chi connectivity index (χ1n) is 3.87. The fraction of sp³-hybridized carbons (Fsp3) is 0. The van der Waals surface area contributed by atoms with Gasteiger partial charge >= 0.3 is 0 Å². The average Bonchev–Trinajstić information content (AvgIpc) is 2.88. The van der Waals surface area contributed by atoms with Gasteiger partial charge in [0.25, 0.3) is 5.78 Å². The average molecular weight is 204 g/mol. The van der Waals surface area contributed by atoms with E-state index in [1.165, 1.54) is 4.63 Å². The Kier molecular flexibility index (Phi) is 1.51. The molecule has 0 N–H and O–H groups in total. The Morgan fingerprint density at radius 3 is 3.21 bits per heavy atom. The number of nitrogens with zero attached hydrogens (tertiary/aromatic N) is 6. The first-order chi connectivity index (χ1) is 6.93. The Morgan fingerprint density at radius 1 is 1.36 bits per heavy atom. The monoisotopic (exact) mass is 204 g/mol. The maximum absolute atomic E-state index is 4.25. The van der Waals surface area contributed by atoms with Crippen LogP contribution in [0.1, 0.15) is 0 Å². The molecule has 0 aliphatic carbocycles. The molecule has 3 aromatic heterocycles. The highest BCUT2D eigenvalue weighted by Gasteiger charge is 2.04. The summed E-state index contributed by atoms with van der Waals surface area (Å²) in [6, 6.07) is 1.98. The van der Waals surface area contributed by atoms with E-state index in [1.54, 1.807) is 17.5 Å². The van der Waals surface area contributed by atoms with E-state index in [4.69, 9.17) is 0 Å². The van der Waals surface area contributed by atoms with Gasteiger partial charge in [-0.2, -0.15) is 16.4 Å². The summed E-state index contributed by atoms with van der Waals surface area (Å²) in [6.45, 7) is 0. The van der Waals surface area contributed by atoms with E-state index < -0.39 is 0 Å². The van der Waals surface area contributed by atoms with Crippen LogP contribution in [-0.2, 0) is 0 Å². The summed E-state index contributed by atoms with van der Waals surface area (Å²) in [5.41, 5.74) is 1.82. The first kappa shape index (κ1) is 7.51. The number of rotatable bonds is 1. The molecule has 0 aliphatic rings. The second kappa shape index (κ2) is 2.81. The van der Waals surface area contributed by atoms with Crippen LogP contribution in [0.3, 0.4) is 0 Å². The zero-order valence-electron chi connectivity index (χ0n) is 6.90. The van der Waals surface area contributed by atoms with E-state index >= 15 is 0 Å². The highest BCUT2D eigenvalue weighted by Crippen LogP contribution is 2.18. The molecule has 0 aromatic carbocycles. The normalized spacial score (nSPS) is 10.9. The van der Waals surface area contributed by atoms with Gasteiger partial charge in [-0.1, -0.05) is 9.73 Å². The number of hydrogen-bond donors (Lipinski definition) is 0.